The monoisotopic (exact) mass is 852 g/mol. The van der Waals surface area contributed by atoms with Crippen LogP contribution >= 0.6 is 0 Å². The summed E-state index contributed by atoms with van der Waals surface area (Å²) < 4.78 is 51.8. The van der Waals surface area contributed by atoms with Gasteiger partial charge in [0.25, 0.3) is 0 Å². The quantitative estimate of drug-likeness (QED) is 0.109. The van der Waals surface area contributed by atoms with Crippen LogP contribution in [0, 0.1) is 0 Å². The Morgan fingerprint density at radius 3 is 0.950 bits per heavy atom. The van der Waals surface area contributed by atoms with Crippen LogP contribution in [-0.2, 0) is 95.3 Å². The summed E-state index contributed by atoms with van der Waals surface area (Å²) in [5, 5.41) is 0. The highest BCUT2D eigenvalue weighted by Gasteiger charge is 2.38. The molecule has 0 aliphatic carbocycles. The van der Waals surface area contributed by atoms with Crippen LogP contribution in [0.3, 0.4) is 0 Å². The fraction of sp³-hybridized carbons (Fsp3) is 0.550. The van der Waals surface area contributed by atoms with E-state index in [9.17, 15) is 47.9 Å². The zero-order valence-electron chi connectivity index (χ0n) is 35.0. The Morgan fingerprint density at radius 2 is 0.700 bits per heavy atom. The molecule has 0 aromatic rings. The van der Waals surface area contributed by atoms with E-state index in [0.29, 0.717) is 0 Å². The molecule has 0 aromatic heterocycles. The number of carbonyl (C=O) groups is 10. The van der Waals surface area contributed by atoms with Gasteiger partial charge in [-0.15, -0.1) is 0 Å². The topological polar surface area (TPSA) is 263 Å². The molecule has 0 fully saturated rings. The van der Waals surface area contributed by atoms with E-state index < -0.39 is 121 Å². The van der Waals surface area contributed by atoms with Crippen LogP contribution < -0.4 is 0 Å². The van der Waals surface area contributed by atoms with Crippen molar-refractivity contribution in [2.75, 3.05) is 0 Å². The summed E-state index contributed by atoms with van der Waals surface area (Å²) >= 11 is 0. The molecule has 2 heterocycles. The highest BCUT2D eigenvalue weighted by molar-refractivity contribution is 5.83. The predicted molar refractivity (Wildman–Crippen MR) is 201 cm³/mol. The third-order valence-corrected chi connectivity index (χ3v) is 7.58. The van der Waals surface area contributed by atoms with E-state index >= 15 is 0 Å². The lowest BCUT2D eigenvalue weighted by atomic mass is 10.0. The summed E-state index contributed by atoms with van der Waals surface area (Å²) in [7, 11) is 0. The van der Waals surface area contributed by atoms with Crippen molar-refractivity contribution in [2.45, 2.75) is 143 Å². The van der Waals surface area contributed by atoms with Crippen molar-refractivity contribution < 1.29 is 95.3 Å². The van der Waals surface area contributed by atoms with Crippen LogP contribution in [0.1, 0.15) is 82.1 Å². The molecular formula is C40H52O20. The number of hydrogen-bond donors (Lipinski definition) is 0. The smallest absolute Gasteiger partial charge is 0.330 e. The number of hydrogen-bond acceptors (Lipinski definition) is 20. The Kier molecular flexibility index (Phi) is 22.3. The molecule has 60 heavy (non-hydrogen) atoms. The van der Waals surface area contributed by atoms with E-state index in [0.717, 1.165) is 27.7 Å². The van der Waals surface area contributed by atoms with Gasteiger partial charge in [-0.05, 0) is 38.2 Å². The Labute approximate surface area is 346 Å². The second-order valence-corrected chi connectivity index (χ2v) is 13.1. The van der Waals surface area contributed by atoms with Crippen LogP contribution in [0.2, 0.25) is 0 Å². The molecule has 0 spiro atoms. The fourth-order valence-corrected chi connectivity index (χ4v) is 5.44. The van der Waals surface area contributed by atoms with Gasteiger partial charge in [0.15, 0.2) is 36.6 Å². The maximum atomic E-state index is 11.6. The number of rotatable bonds is 18. The van der Waals surface area contributed by atoms with Crippen molar-refractivity contribution in [1.29, 1.82) is 0 Å². The lowest BCUT2D eigenvalue weighted by Gasteiger charge is -2.31. The van der Waals surface area contributed by atoms with Gasteiger partial charge < -0.3 is 47.4 Å². The summed E-state index contributed by atoms with van der Waals surface area (Å²) in [6, 6.07) is 0. The van der Waals surface area contributed by atoms with Crippen LogP contribution in [0.15, 0.2) is 48.6 Å². The molecule has 0 unspecified atom stereocenters. The molecule has 0 amide bonds. The van der Waals surface area contributed by atoms with Gasteiger partial charge in [-0.25, -0.2) is 9.59 Å². The number of cyclic esters (lactones) is 2. The first kappa shape index (κ1) is 51.7. The first-order chi connectivity index (χ1) is 28.0. The third-order valence-electron chi connectivity index (χ3n) is 7.58. The molecule has 10 atom stereocenters. The van der Waals surface area contributed by atoms with Crippen molar-refractivity contribution in [2.24, 2.45) is 0 Å². The van der Waals surface area contributed by atoms with Crippen molar-refractivity contribution in [1.82, 2.24) is 0 Å². The molecule has 0 N–H and O–H groups in total. The molecule has 0 aromatic carbocycles. The molecule has 2 aliphatic rings. The third kappa shape index (κ3) is 20.9. The van der Waals surface area contributed by atoms with Crippen LogP contribution in [0.5, 0.6) is 0 Å². The van der Waals surface area contributed by atoms with E-state index in [1.54, 1.807) is 12.2 Å². The standard InChI is InChI=1S/2C20H26O10/c2*1-11(26-12(2)21)16(27-13(3)22)9-10-18(28-14(4)23)20(29-15(5)24)17-7-6-8-19(25)30-17/h2*6,8-11,16-18,20H,7H2,1-5H3/b2*10-9+/t2*11-,16+,17+,18+,20+/m00/s1. The van der Waals surface area contributed by atoms with Crippen molar-refractivity contribution >= 4 is 59.7 Å². The van der Waals surface area contributed by atoms with E-state index in [-0.39, 0.29) is 12.8 Å². The highest BCUT2D eigenvalue weighted by atomic mass is 16.6. The number of ether oxygens (including phenoxy) is 10. The lowest BCUT2D eigenvalue weighted by Crippen LogP contribution is -2.45. The Morgan fingerprint density at radius 1 is 0.450 bits per heavy atom. The number of esters is 10. The molecule has 0 saturated heterocycles. The molecule has 20 heteroatoms. The van der Waals surface area contributed by atoms with Gasteiger partial charge in [-0.1, -0.05) is 12.2 Å². The van der Waals surface area contributed by atoms with Crippen LogP contribution in [-0.4, -0.2) is 121 Å². The minimum absolute atomic E-state index is 0.229. The van der Waals surface area contributed by atoms with E-state index in [2.05, 4.69) is 0 Å². The summed E-state index contributed by atoms with van der Waals surface area (Å²) in [6.07, 6.45) is 1.22. The first-order valence-corrected chi connectivity index (χ1v) is 18.5. The maximum Gasteiger partial charge on any atom is 0.330 e. The minimum Gasteiger partial charge on any atom is -0.459 e. The molecular weight excluding hydrogens is 800 g/mol. The maximum absolute atomic E-state index is 11.6. The molecule has 0 saturated carbocycles. The molecule has 0 radical (unpaired) electrons. The molecule has 332 valence electrons. The Bertz CT molecular complexity index is 1570. The van der Waals surface area contributed by atoms with Gasteiger partial charge in [0, 0.05) is 80.4 Å². The van der Waals surface area contributed by atoms with Gasteiger partial charge >= 0.3 is 59.7 Å². The van der Waals surface area contributed by atoms with E-state index in [4.69, 9.17) is 47.4 Å². The fourth-order valence-electron chi connectivity index (χ4n) is 5.44. The normalized spacial score (nSPS) is 19.8. The van der Waals surface area contributed by atoms with Crippen molar-refractivity contribution in [3.05, 3.63) is 48.6 Å². The molecule has 2 aliphatic heterocycles. The zero-order valence-corrected chi connectivity index (χ0v) is 35.0. The van der Waals surface area contributed by atoms with Crippen LogP contribution in [0.4, 0.5) is 0 Å². The highest BCUT2D eigenvalue weighted by Crippen LogP contribution is 2.23. The largest absolute Gasteiger partial charge is 0.459 e. The summed E-state index contributed by atoms with van der Waals surface area (Å²) in [5.74, 6) is -6.40. The summed E-state index contributed by atoms with van der Waals surface area (Å²) in [5.41, 5.74) is 0. The van der Waals surface area contributed by atoms with Crippen molar-refractivity contribution in [3.8, 4) is 0 Å². The first-order valence-electron chi connectivity index (χ1n) is 18.5. The van der Waals surface area contributed by atoms with E-state index in [1.165, 1.54) is 78.0 Å². The second-order valence-electron chi connectivity index (χ2n) is 13.1. The Hall–Kier alpha value is -6.34. The number of carbonyl (C=O) groups excluding carboxylic acids is 10. The van der Waals surface area contributed by atoms with Gasteiger partial charge in [0.1, 0.15) is 24.4 Å². The van der Waals surface area contributed by atoms with Gasteiger partial charge in [0.2, 0.25) is 0 Å². The molecule has 2 rings (SSSR count). The zero-order chi connectivity index (χ0) is 45.7. The minimum atomic E-state index is -1.17. The van der Waals surface area contributed by atoms with Crippen molar-refractivity contribution in [3.63, 3.8) is 0 Å². The molecule has 0 bridgehead atoms. The summed E-state index contributed by atoms with van der Waals surface area (Å²) in [6.45, 7) is 12.4. The Balaban J connectivity index is 0.000000600. The summed E-state index contributed by atoms with van der Waals surface area (Å²) in [4.78, 5) is 115. The second kappa shape index (κ2) is 25.9. The SMILES string of the molecule is CC(=O)O[C@@H]([C@@H](/C=C/[C@@H](OC(C)=O)[C@H](C)OC(C)=O)OC(C)=O)[C@H]1CC=CC(=O)O1.CC(=O)O[C@@H]([C@@H](/C=C/[C@@H](OC(C)=O)[C@H](C)OC(C)=O)OC(C)=O)[C@H]1CC=CC(=O)O1. The average Bonchev–Trinajstić information content (AvgIpc) is 3.10. The predicted octanol–water partition coefficient (Wildman–Crippen LogP) is 2.32. The lowest BCUT2D eigenvalue weighted by molar-refractivity contribution is -0.178. The van der Waals surface area contributed by atoms with Gasteiger partial charge in [0.05, 0.1) is 0 Å². The van der Waals surface area contributed by atoms with Gasteiger partial charge in [-0.3, -0.25) is 38.4 Å². The van der Waals surface area contributed by atoms with E-state index in [1.807, 2.05) is 0 Å². The van der Waals surface area contributed by atoms with Gasteiger partial charge in [-0.2, -0.15) is 0 Å². The van der Waals surface area contributed by atoms with Crippen LogP contribution in [0.25, 0.3) is 0 Å². The molecule has 20 nitrogen and oxygen atoms in total. The average molecular weight is 853 g/mol.